The lowest BCUT2D eigenvalue weighted by Crippen LogP contribution is -2.26. The van der Waals surface area contributed by atoms with E-state index in [4.69, 9.17) is 9.47 Å². The first-order valence-electron chi connectivity index (χ1n) is 11.8. The molecule has 0 fully saturated rings. The number of anilines is 2. The quantitative estimate of drug-likeness (QED) is 0.164. The average molecular weight is 486 g/mol. The van der Waals surface area contributed by atoms with E-state index < -0.39 is 11.6 Å². The van der Waals surface area contributed by atoms with Crippen LogP contribution < -0.4 is 10.6 Å². The summed E-state index contributed by atoms with van der Waals surface area (Å²) in [5.41, 5.74) is 1.12. The van der Waals surface area contributed by atoms with Gasteiger partial charge >= 0.3 is 0 Å². The Hall–Kier alpha value is -3.14. The van der Waals surface area contributed by atoms with Crippen LogP contribution in [0, 0.1) is 0 Å². The number of methoxy groups -OCH3 is 2. The summed E-state index contributed by atoms with van der Waals surface area (Å²) in [6.07, 6.45) is 3.30. The van der Waals surface area contributed by atoms with Gasteiger partial charge in [-0.1, -0.05) is 6.42 Å². The van der Waals surface area contributed by atoms with E-state index in [9.17, 15) is 19.8 Å². The fourth-order valence-electron chi connectivity index (χ4n) is 4.24. The molecule has 4 N–H and O–H groups in total. The van der Waals surface area contributed by atoms with Gasteiger partial charge in [-0.25, -0.2) is 0 Å². The smallest absolute Gasteiger partial charge is 0.200 e. The summed E-state index contributed by atoms with van der Waals surface area (Å²) in [6.45, 7) is 1.90. The van der Waals surface area contributed by atoms with Gasteiger partial charge in [0.1, 0.15) is 11.5 Å². The molecule has 0 aromatic heterocycles. The maximum absolute atomic E-state index is 13.5. The Morgan fingerprint density at radius 2 is 1.29 bits per heavy atom. The molecular weight excluding hydrogens is 450 g/mol. The molecule has 0 amide bonds. The topological polar surface area (TPSA) is 120 Å². The first-order chi connectivity index (χ1) is 16.8. The number of likely N-dealkylation sites (N-methyl/N-ethyl adjacent to an activating group) is 1. The zero-order chi connectivity index (χ0) is 25.5. The summed E-state index contributed by atoms with van der Waals surface area (Å²) in [7, 11) is 7.12. The lowest BCUT2D eigenvalue weighted by molar-refractivity contribution is -0.107. The molecule has 0 spiro atoms. The van der Waals surface area contributed by atoms with Crippen molar-refractivity contribution in [2.75, 3.05) is 58.6 Å². The number of rotatable bonds is 13. The van der Waals surface area contributed by atoms with Crippen molar-refractivity contribution in [1.29, 1.82) is 0 Å². The van der Waals surface area contributed by atoms with Gasteiger partial charge in [-0.2, -0.15) is 0 Å². The zero-order valence-corrected chi connectivity index (χ0v) is 20.8. The molecule has 35 heavy (non-hydrogen) atoms. The predicted molar refractivity (Wildman–Crippen MR) is 135 cm³/mol. The molecule has 0 aliphatic heterocycles. The van der Waals surface area contributed by atoms with Crippen molar-refractivity contribution < 1.29 is 29.3 Å². The Labute approximate surface area is 206 Å². The largest absolute Gasteiger partial charge is 0.507 e. The molecule has 2 aromatic carbocycles. The Kier molecular flexibility index (Phi) is 9.08. The Bertz CT molecular complexity index is 1070. The van der Waals surface area contributed by atoms with Crippen LogP contribution in [0.4, 0.5) is 11.4 Å². The maximum Gasteiger partial charge on any atom is 0.200 e. The lowest BCUT2D eigenvalue weighted by atomic mass is 9.81. The number of phenols is 2. The van der Waals surface area contributed by atoms with E-state index in [2.05, 4.69) is 10.6 Å². The molecule has 2 aromatic rings. The highest BCUT2D eigenvalue weighted by Crippen LogP contribution is 2.42. The van der Waals surface area contributed by atoms with Crippen LogP contribution in [0.25, 0.3) is 0 Å². The Morgan fingerprint density at radius 3 is 1.77 bits per heavy atom. The number of hydrogen-bond donors (Lipinski definition) is 4. The number of nitrogens with one attached hydrogen (secondary N) is 2. The molecular formula is C26H35N3O6. The van der Waals surface area contributed by atoms with Crippen molar-refractivity contribution in [2.45, 2.75) is 32.0 Å². The molecule has 0 heterocycles. The fourth-order valence-corrected chi connectivity index (χ4v) is 4.24. The third kappa shape index (κ3) is 5.93. The third-order valence-electron chi connectivity index (χ3n) is 6.11. The molecule has 0 atom stereocenters. The monoisotopic (exact) mass is 485 g/mol. The SMILES string of the molecule is COC(CCCCCNc1ccc(NCCN(C)C)c2c1C(=O)c1c(O)ccc(O)c1C2=O)OC. The summed E-state index contributed by atoms with van der Waals surface area (Å²) >= 11 is 0. The van der Waals surface area contributed by atoms with Crippen LogP contribution in [0.2, 0.25) is 0 Å². The molecule has 0 saturated heterocycles. The van der Waals surface area contributed by atoms with E-state index in [1.54, 1.807) is 26.4 Å². The number of nitrogens with zero attached hydrogens (tertiary/aromatic N) is 1. The van der Waals surface area contributed by atoms with Crippen LogP contribution in [-0.2, 0) is 9.47 Å². The highest BCUT2D eigenvalue weighted by molar-refractivity contribution is 6.33. The van der Waals surface area contributed by atoms with E-state index in [0.717, 1.165) is 32.2 Å². The van der Waals surface area contributed by atoms with Crippen molar-refractivity contribution in [3.63, 3.8) is 0 Å². The van der Waals surface area contributed by atoms with Crippen LogP contribution in [0.1, 0.15) is 57.5 Å². The maximum atomic E-state index is 13.5. The Balaban J connectivity index is 1.85. The zero-order valence-electron chi connectivity index (χ0n) is 20.8. The fraction of sp³-hybridized carbons (Fsp3) is 0.462. The Morgan fingerprint density at radius 1 is 0.771 bits per heavy atom. The highest BCUT2D eigenvalue weighted by Gasteiger charge is 2.37. The van der Waals surface area contributed by atoms with Crippen LogP contribution in [-0.4, -0.2) is 80.9 Å². The predicted octanol–water partition coefficient (Wildman–Crippen LogP) is 3.44. The van der Waals surface area contributed by atoms with Crippen LogP contribution in [0.3, 0.4) is 0 Å². The molecule has 1 aliphatic carbocycles. The molecule has 0 bridgehead atoms. The number of fused-ring (bicyclic) bond motifs is 2. The molecule has 1 aliphatic rings. The number of carbonyl (C=O) groups excluding carboxylic acids is 2. The van der Waals surface area contributed by atoms with Gasteiger partial charge in [0.05, 0.1) is 22.3 Å². The molecule has 9 nitrogen and oxygen atoms in total. The van der Waals surface area contributed by atoms with Gasteiger partial charge in [-0.05, 0) is 57.6 Å². The van der Waals surface area contributed by atoms with E-state index in [1.807, 2.05) is 19.0 Å². The second-order valence-electron chi connectivity index (χ2n) is 8.83. The second kappa shape index (κ2) is 12.0. The molecule has 9 heteroatoms. The summed E-state index contributed by atoms with van der Waals surface area (Å²) in [4.78, 5) is 29.0. The highest BCUT2D eigenvalue weighted by atomic mass is 16.7. The average Bonchev–Trinajstić information content (AvgIpc) is 2.83. The van der Waals surface area contributed by atoms with Crippen LogP contribution >= 0.6 is 0 Å². The standard InChI is InChI=1S/C26H35N3O6/c1-29(2)15-14-28-17-10-9-16(27-13-7-5-6-8-20(34-3)35-4)21-22(17)26(33)24-19(31)12-11-18(30)23(24)25(21)32/h9-12,20,27-28,30-31H,5-8,13-15H2,1-4H3. The summed E-state index contributed by atoms with van der Waals surface area (Å²) in [5.74, 6) is -1.65. The number of benzene rings is 2. The summed E-state index contributed by atoms with van der Waals surface area (Å²) in [6, 6.07) is 6.00. The van der Waals surface area contributed by atoms with E-state index in [0.29, 0.717) is 24.5 Å². The van der Waals surface area contributed by atoms with Crippen molar-refractivity contribution in [3.8, 4) is 11.5 Å². The number of phenolic OH excluding ortho intramolecular Hbond substituents is 2. The number of carbonyl (C=O) groups is 2. The van der Waals surface area contributed by atoms with Crippen molar-refractivity contribution in [2.24, 2.45) is 0 Å². The number of hydrogen-bond acceptors (Lipinski definition) is 9. The van der Waals surface area contributed by atoms with E-state index in [1.165, 1.54) is 12.1 Å². The number of aromatic hydroxyl groups is 2. The summed E-state index contributed by atoms with van der Waals surface area (Å²) in [5, 5.41) is 27.3. The molecule has 190 valence electrons. The van der Waals surface area contributed by atoms with Crippen molar-refractivity contribution in [1.82, 2.24) is 4.90 Å². The number of ether oxygens (including phenoxy) is 2. The molecule has 0 unspecified atom stereocenters. The number of unbranched alkanes of at least 4 members (excludes halogenated alkanes) is 2. The first-order valence-corrected chi connectivity index (χ1v) is 11.8. The lowest BCUT2D eigenvalue weighted by Gasteiger charge is -2.25. The minimum atomic E-state index is -0.496. The van der Waals surface area contributed by atoms with E-state index in [-0.39, 0.29) is 40.0 Å². The van der Waals surface area contributed by atoms with E-state index >= 15 is 0 Å². The van der Waals surface area contributed by atoms with Crippen molar-refractivity contribution in [3.05, 3.63) is 46.5 Å². The third-order valence-corrected chi connectivity index (χ3v) is 6.11. The van der Waals surface area contributed by atoms with Gasteiger partial charge in [0.2, 0.25) is 11.6 Å². The molecule has 0 saturated carbocycles. The van der Waals surface area contributed by atoms with Gasteiger partial charge in [0.15, 0.2) is 6.29 Å². The minimum absolute atomic E-state index is 0.166. The first kappa shape index (κ1) is 26.5. The number of ketones is 2. The molecule has 3 rings (SSSR count). The minimum Gasteiger partial charge on any atom is -0.507 e. The van der Waals surface area contributed by atoms with Crippen LogP contribution in [0.5, 0.6) is 11.5 Å². The normalized spacial score (nSPS) is 12.7. The van der Waals surface area contributed by atoms with Crippen LogP contribution in [0.15, 0.2) is 24.3 Å². The summed E-state index contributed by atoms with van der Waals surface area (Å²) < 4.78 is 10.4. The van der Waals surface area contributed by atoms with Crippen molar-refractivity contribution >= 4 is 22.9 Å². The van der Waals surface area contributed by atoms with Gasteiger partial charge in [-0.15, -0.1) is 0 Å². The van der Waals surface area contributed by atoms with Gasteiger partial charge < -0.3 is 35.2 Å². The van der Waals surface area contributed by atoms with Gasteiger partial charge in [0.25, 0.3) is 0 Å². The van der Waals surface area contributed by atoms with Gasteiger partial charge in [0, 0.05) is 45.2 Å². The van der Waals surface area contributed by atoms with Gasteiger partial charge in [-0.3, -0.25) is 9.59 Å². The molecule has 0 radical (unpaired) electrons. The second-order valence-corrected chi connectivity index (χ2v) is 8.83.